The Hall–Kier alpha value is -1.43. The van der Waals surface area contributed by atoms with Gasteiger partial charge < -0.3 is 0 Å². The molecule has 6 heteroatoms. The number of hydrogen-bond donors (Lipinski definition) is 1. The van der Waals surface area contributed by atoms with Crippen LogP contribution in [0.5, 0.6) is 0 Å². The molecule has 0 atom stereocenters. The first-order valence-corrected chi connectivity index (χ1v) is 4.37. The number of nitrogens with zero attached hydrogens (tertiary/aromatic N) is 5. The molecule has 0 aromatic carbocycles. The van der Waals surface area contributed by atoms with Crippen molar-refractivity contribution < 1.29 is 0 Å². The normalized spacial score (nSPS) is 11.9. The highest BCUT2D eigenvalue weighted by molar-refractivity contribution is 5.95. The zero-order valence-electron chi connectivity index (χ0n) is 9.01. The smallest absolute Gasteiger partial charge is 0.0826 e. The molecule has 6 nitrogen and oxygen atoms in total. The monoisotopic (exact) mass is 198 g/mol. The Morgan fingerprint density at radius 3 is 2.57 bits per heavy atom. The van der Waals surface area contributed by atoms with Crippen LogP contribution in [0, 0.1) is 0 Å². The van der Waals surface area contributed by atoms with Gasteiger partial charge in [0.05, 0.1) is 19.3 Å². The van der Waals surface area contributed by atoms with Crippen LogP contribution in [-0.2, 0) is 0 Å². The molecule has 2 N–H and O–H groups in total. The van der Waals surface area contributed by atoms with Gasteiger partial charge in [0.1, 0.15) is 0 Å². The van der Waals surface area contributed by atoms with Crippen LogP contribution >= 0.6 is 0 Å². The Balaban J connectivity index is 4.35. The van der Waals surface area contributed by atoms with Gasteiger partial charge in [-0.1, -0.05) is 11.8 Å². The van der Waals surface area contributed by atoms with E-state index in [-0.39, 0.29) is 0 Å². The summed E-state index contributed by atoms with van der Waals surface area (Å²) in [6.45, 7) is 6.95. The molecule has 0 amide bonds. The van der Waals surface area contributed by atoms with Gasteiger partial charge in [0.15, 0.2) is 0 Å². The van der Waals surface area contributed by atoms with E-state index in [9.17, 15) is 0 Å². The molecule has 0 fully saturated rings. The molecule has 0 bridgehead atoms. The third-order valence-electron chi connectivity index (χ3n) is 1.45. The Kier molecular flexibility index (Phi) is 6.30. The van der Waals surface area contributed by atoms with E-state index in [0.717, 1.165) is 12.3 Å². The van der Waals surface area contributed by atoms with Crippen molar-refractivity contribution in [1.29, 1.82) is 0 Å². The fourth-order valence-corrected chi connectivity index (χ4v) is 0.860. The Labute approximate surface area is 84.7 Å². The van der Waals surface area contributed by atoms with Gasteiger partial charge in [0, 0.05) is 13.6 Å². The van der Waals surface area contributed by atoms with Crippen molar-refractivity contribution in [2.75, 3.05) is 27.2 Å². The minimum Gasteiger partial charge on any atom is -0.273 e. The van der Waals surface area contributed by atoms with Crippen LogP contribution in [0.4, 0.5) is 0 Å². The molecule has 0 aromatic heterocycles. The molecule has 0 aliphatic heterocycles. The van der Waals surface area contributed by atoms with Crippen LogP contribution in [0.1, 0.15) is 6.92 Å². The van der Waals surface area contributed by atoms with Gasteiger partial charge in [-0.15, -0.1) is 0 Å². The van der Waals surface area contributed by atoms with E-state index in [1.807, 2.05) is 6.92 Å². The first-order valence-electron chi connectivity index (χ1n) is 4.37. The maximum Gasteiger partial charge on any atom is 0.0826 e. The lowest BCUT2D eigenvalue weighted by Gasteiger charge is -2.15. The third kappa shape index (κ3) is 5.26. The highest BCUT2D eigenvalue weighted by Gasteiger charge is 2.02. The summed E-state index contributed by atoms with van der Waals surface area (Å²) in [7, 11) is 3.28. The average Bonchev–Trinajstić information content (AvgIpc) is 2.15. The zero-order chi connectivity index (χ0) is 11.0. The molecule has 0 radical (unpaired) electrons. The van der Waals surface area contributed by atoms with Gasteiger partial charge in [-0.25, -0.2) is 11.0 Å². The maximum absolute atomic E-state index is 5.39. The van der Waals surface area contributed by atoms with Crippen molar-refractivity contribution >= 4 is 5.71 Å². The van der Waals surface area contributed by atoms with E-state index >= 15 is 0 Å². The van der Waals surface area contributed by atoms with Crippen molar-refractivity contribution in [3.05, 3.63) is 12.7 Å². The van der Waals surface area contributed by atoms with E-state index in [1.54, 1.807) is 25.2 Å². The Bertz CT molecular complexity index is 220. The summed E-state index contributed by atoms with van der Waals surface area (Å²) in [5.74, 6) is 5.39. The average molecular weight is 198 g/mol. The molecule has 0 spiro atoms. The summed E-state index contributed by atoms with van der Waals surface area (Å²) in [6.07, 6.45) is 1.65. The van der Waals surface area contributed by atoms with Crippen LogP contribution < -0.4 is 5.84 Å². The van der Waals surface area contributed by atoms with Crippen LogP contribution in [0.25, 0.3) is 0 Å². The van der Waals surface area contributed by atoms with Crippen molar-refractivity contribution in [2.45, 2.75) is 6.92 Å². The number of hydrazone groups is 1. The first-order chi connectivity index (χ1) is 6.63. The molecule has 0 aliphatic rings. The standard InChI is InChI=1S/C8H18N6/c1-5-8(11-13(4)9)7-14(6-2)12-10-3/h5H,1,6-7,9H2,2-4H3/b11-8+,12-10?. The van der Waals surface area contributed by atoms with Crippen molar-refractivity contribution in [1.82, 2.24) is 10.1 Å². The largest absolute Gasteiger partial charge is 0.273 e. The van der Waals surface area contributed by atoms with Crippen LogP contribution in [-0.4, -0.2) is 43.0 Å². The summed E-state index contributed by atoms with van der Waals surface area (Å²) in [6, 6.07) is 0. The van der Waals surface area contributed by atoms with Crippen molar-refractivity contribution in [3.63, 3.8) is 0 Å². The SMILES string of the molecule is C=C/C(CN(CC)N=NC)=N\N(C)N. The van der Waals surface area contributed by atoms with Gasteiger partial charge >= 0.3 is 0 Å². The van der Waals surface area contributed by atoms with E-state index in [4.69, 9.17) is 5.84 Å². The predicted molar refractivity (Wildman–Crippen MR) is 57.6 cm³/mol. The third-order valence-corrected chi connectivity index (χ3v) is 1.45. The lowest BCUT2D eigenvalue weighted by molar-refractivity contribution is 0.316. The maximum atomic E-state index is 5.39. The molecule has 0 heterocycles. The number of hydrogen-bond acceptors (Lipinski definition) is 5. The Morgan fingerprint density at radius 1 is 1.57 bits per heavy atom. The van der Waals surface area contributed by atoms with E-state index in [2.05, 4.69) is 22.0 Å². The predicted octanol–water partition coefficient (Wildman–Crippen LogP) is 0.653. The van der Waals surface area contributed by atoms with Gasteiger partial charge in [-0.2, -0.15) is 10.2 Å². The summed E-state index contributed by atoms with van der Waals surface area (Å²) < 4.78 is 0. The summed E-state index contributed by atoms with van der Waals surface area (Å²) in [5.41, 5.74) is 0.754. The van der Waals surface area contributed by atoms with Crippen LogP contribution in [0.2, 0.25) is 0 Å². The zero-order valence-corrected chi connectivity index (χ0v) is 9.01. The molecule has 0 saturated heterocycles. The molecule has 14 heavy (non-hydrogen) atoms. The number of nitrogens with two attached hydrogens (primary N) is 1. The minimum absolute atomic E-state index is 0.554. The second-order valence-electron chi connectivity index (χ2n) is 2.64. The van der Waals surface area contributed by atoms with Crippen LogP contribution in [0.15, 0.2) is 28.1 Å². The topological polar surface area (TPSA) is 69.6 Å². The summed E-state index contributed by atoms with van der Waals surface area (Å²) in [4.78, 5) is 0. The molecule has 0 rings (SSSR count). The van der Waals surface area contributed by atoms with E-state index in [0.29, 0.717) is 6.54 Å². The quantitative estimate of drug-likeness (QED) is 0.295. The van der Waals surface area contributed by atoms with Gasteiger partial charge in [0.25, 0.3) is 0 Å². The molecule has 0 saturated carbocycles. The van der Waals surface area contributed by atoms with E-state index < -0.39 is 0 Å². The fourth-order valence-electron chi connectivity index (χ4n) is 0.860. The van der Waals surface area contributed by atoms with Gasteiger partial charge in [-0.05, 0) is 13.0 Å². The number of hydrazine groups is 1. The second-order valence-corrected chi connectivity index (χ2v) is 2.64. The molecular formula is C8H18N6. The number of rotatable bonds is 6. The lowest BCUT2D eigenvalue weighted by atomic mass is 10.3. The molecule has 0 aliphatic carbocycles. The van der Waals surface area contributed by atoms with Gasteiger partial charge in [0.2, 0.25) is 0 Å². The molecule has 0 aromatic rings. The summed E-state index contributed by atoms with van der Waals surface area (Å²) >= 11 is 0. The van der Waals surface area contributed by atoms with Crippen molar-refractivity contribution in [2.24, 2.45) is 21.3 Å². The minimum atomic E-state index is 0.554. The molecular weight excluding hydrogens is 180 g/mol. The van der Waals surface area contributed by atoms with Crippen LogP contribution in [0.3, 0.4) is 0 Å². The highest BCUT2D eigenvalue weighted by Crippen LogP contribution is 1.93. The molecule has 0 unspecified atom stereocenters. The van der Waals surface area contributed by atoms with Gasteiger partial charge in [-0.3, -0.25) is 5.01 Å². The summed E-state index contributed by atoms with van der Waals surface area (Å²) in [5, 5.41) is 14.6. The first kappa shape index (κ1) is 12.6. The lowest BCUT2D eigenvalue weighted by Crippen LogP contribution is -2.27. The highest BCUT2D eigenvalue weighted by atomic mass is 15.6. The van der Waals surface area contributed by atoms with E-state index in [1.165, 1.54) is 5.12 Å². The molecule has 80 valence electrons. The Morgan fingerprint density at radius 2 is 2.21 bits per heavy atom. The van der Waals surface area contributed by atoms with Crippen molar-refractivity contribution in [3.8, 4) is 0 Å². The second kappa shape index (κ2) is 7.02. The fraction of sp³-hybridized carbons (Fsp3) is 0.625.